The molecule has 0 saturated carbocycles. The third-order valence-electron chi connectivity index (χ3n) is 4.14. The lowest BCUT2D eigenvalue weighted by atomic mass is 9.98. The topological polar surface area (TPSA) is 66.0 Å². The molecule has 0 aliphatic carbocycles. The zero-order valence-corrected chi connectivity index (χ0v) is 16.1. The van der Waals surface area contributed by atoms with Gasteiger partial charge in [0.2, 0.25) is 0 Å². The summed E-state index contributed by atoms with van der Waals surface area (Å²) in [5.74, 6) is -2.59. The minimum Gasteiger partial charge on any atom is -0.493 e. The first-order chi connectivity index (χ1) is 12.9. The van der Waals surface area contributed by atoms with Gasteiger partial charge in [-0.15, -0.1) is 12.4 Å². The molecule has 28 heavy (non-hydrogen) atoms. The average molecular weight is 416 g/mol. The number of hydrogen-bond acceptors (Lipinski definition) is 5. The number of alkyl carbamates (subject to hydrolysis) is 1. The van der Waals surface area contributed by atoms with E-state index in [9.17, 15) is 13.6 Å². The van der Waals surface area contributed by atoms with Crippen LogP contribution in [-0.4, -0.2) is 32.8 Å². The van der Waals surface area contributed by atoms with Crippen molar-refractivity contribution < 1.29 is 32.5 Å². The second-order valence-electron chi connectivity index (χ2n) is 5.93. The van der Waals surface area contributed by atoms with Gasteiger partial charge in [0, 0.05) is 11.6 Å². The van der Waals surface area contributed by atoms with E-state index in [0.717, 1.165) is 5.56 Å². The molecule has 3 rings (SSSR count). The van der Waals surface area contributed by atoms with Crippen molar-refractivity contribution in [3.63, 3.8) is 0 Å². The number of ether oxygens (including phenoxy) is 4. The Kier molecular flexibility index (Phi) is 6.90. The Labute approximate surface area is 167 Å². The summed E-state index contributed by atoms with van der Waals surface area (Å²) in [5.41, 5.74) is 0.936. The van der Waals surface area contributed by atoms with Crippen LogP contribution in [0.1, 0.15) is 17.2 Å². The lowest BCUT2D eigenvalue weighted by Crippen LogP contribution is -2.49. The largest absolute Gasteiger partial charge is 0.493 e. The van der Waals surface area contributed by atoms with Crippen molar-refractivity contribution in [1.82, 2.24) is 5.32 Å². The number of methoxy groups -OCH3 is 2. The van der Waals surface area contributed by atoms with E-state index < -0.39 is 24.7 Å². The smallest absolute Gasteiger partial charge is 0.408 e. The van der Waals surface area contributed by atoms with Gasteiger partial charge in [-0.3, -0.25) is 0 Å². The fourth-order valence-corrected chi connectivity index (χ4v) is 2.78. The molecule has 1 atom stereocenters. The Morgan fingerprint density at radius 1 is 1.11 bits per heavy atom. The quantitative estimate of drug-likeness (QED) is 0.768. The molecular formula is C19H20ClF2NO5. The second-order valence-corrected chi connectivity index (χ2v) is 5.93. The van der Waals surface area contributed by atoms with Gasteiger partial charge < -0.3 is 24.3 Å². The Balaban J connectivity index is 0.00000280. The van der Waals surface area contributed by atoms with Crippen LogP contribution < -0.4 is 19.5 Å². The van der Waals surface area contributed by atoms with Gasteiger partial charge in [-0.2, -0.15) is 0 Å². The molecule has 1 saturated heterocycles. The van der Waals surface area contributed by atoms with E-state index in [0.29, 0.717) is 5.75 Å². The lowest BCUT2D eigenvalue weighted by Gasteiger charge is -2.33. The monoisotopic (exact) mass is 415 g/mol. The number of benzene rings is 2. The van der Waals surface area contributed by atoms with Crippen molar-refractivity contribution in [2.24, 2.45) is 0 Å². The maximum absolute atomic E-state index is 14.4. The summed E-state index contributed by atoms with van der Waals surface area (Å²) in [6.45, 7) is -0.859. The molecule has 1 amide bonds. The highest BCUT2D eigenvalue weighted by Crippen LogP contribution is 2.43. The Bertz CT molecular complexity index is 819. The number of carbonyl (C=O) groups is 1. The third-order valence-corrected chi connectivity index (χ3v) is 4.14. The van der Waals surface area contributed by atoms with E-state index in [4.69, 9.17) is 14.2 Å². The molecule has 0 spiro atoms. The number of hydrogen-bond donors (Lipinski definition) is 1. The number of rotatable bonds is 6. The summed E-state index contributed by atoms with van der Waals surface area (Å²) in [6, 6.07) is 10.5. The van der Waals surface area contributed by atoms with E-state index in [-0.39, 0.29) is 36.1 Å². The Hall–Kier alpha value is -2.74. The lowest BCUT2D eigenvalue weighted by molar-refractivity contribution is -0.104. The van der Waals surface area contributed by atoms with E-state index >= 15 is 0 Å². The van der Waals surface area contributed by atoms with Gasteiger partial charge >= 0.3 is 12.0 Å². The second kappa shape index (κ2) is 8.97. The van der Waals surface area contributed by atoms with Crippen LogP contribution in [0.4, 0.5) is 13.6 Å². The first-order valence-electron chi connectivity index (χ1n) is 8.18. The van der Waals surface area contributed by atoms with Crippen molar-refractivity contribution >= 4 is 18.5 Å². The Morgan fingerprint density at radius 3 is 2.39 bits per heavy atom. The van der Waals surface area contributed by atoms with Gasteiger partial charge in [0.05, 0.1) is 14.2 Å². The molecule has 9 heteroatoms. The van der Waals surface area contributed by atoms with Crippen LogP contribution in [0.3, 0.4) is 0 Å². The predicted molar refractivity (Wildman–Crippen MR) is 99.7 cm³/mol. The minimum atomic E-state index is -3.32. The van der Waals surface area contributed by atoms with Crippen molar-refractivity contribution in [3.05, 3.63) is 53.6 Å². The van der Waals surface area contributed by atoms with E-state index in [1.165, 1.54) is 26.4 Å². The predicted octanol–water partition coefficient (Wildman–Crippen LogP) is 4.12. The highest BCUT2D eigenvalue weighted by Gasteiger charge is 2.48. The summed E-state index contributed by atoms with van der Waals surface area (Å²) in [6.07, 6.45) is -0.922. The van der Waals surface area contributed by atoms with Gasteiger partial charge in [0.1, 0.15) is 18.4 Å². The standard InChI is InChI=1S/C19H19F2NO5.ClH/c1-24-15-8-13(17-19(20,21)11-27-18(23)22-17)14(9-16(15)25-2)26-10-12-6-4-3-5-7-12;/h3-9,17H,10-11H2,1-2H3,(H,22,23);1H/t17-;/m1./s1. The SMILES string of the molecule is COc1cc(OCc2ccccc2)c([C@H]2NC(=O)OCC2(F)F)cc1OC.Cl. The molecule has 6 nitrogen and oxygen atoms in total. The molecule has 2 aromatic carbocycles. The van der Waals surface area contributed by atoms with Crippen molar-refractivity contribution in [2.75, 3.05) is 20.8 Å². The Morgan fingerprint density at radius 2 is 1.75 bits per heavy atom. The first kappa shape index (κ1) is 21.6. The summed E-state index contributed by atoms with van der Waals surface area (Å²) < 4.78 is 49.5. The van der Waals surface area contributed by atoms with Crippen LogP contribution in [0, 0.1) is 0 Å². The van der Waals surface area contributed by atoms with Crippen molar-refractivity contribution in [2.45, 2.75) is 18.6 Å². The van der Waals surface area contributed by atoms with Gasteiger partial charge in [-0.1, -0.05) is 30.3 Å². The molecule has 1 heterocycles. The molecule has 0 unspecified atom stereocenters. The molecular weight excluding hydrogens is 396 g/mol. The number of nitrogens with one attached hydrogen (secondary N) is 1. The van der Waals surface area contributed by atoms with E-state index in [1.807, 2.05) is 30.3 Å². The highest BCUT2D eigenvalue weighted by atomic mass is 35.5. The summed E-state index contributed by atoms with van der Waals surface area (Å²) in [4.78, 5) is 11.5. The average Bonchev–Trinajstić information content (AvgIpc) is 2.68. The molecule has 0 aromatic heterocycles. The summed E-state index contributed by atoms with van der Waals surface area (Å²) >= 11 is 0. The highest BCUT2D eigenvalue weighted by molar-refractivity contribution is 5.85. The molecule has 0 bridgehead atoms. The normalized spacial score (nSPS) is 17.6. The maximum atomic E-state index is 14.4. The molecule has 152 valence electrons. The molecule has 0 radical (unpaired) electrons. The number of amides is 1. The van der Waals surface area contributed by atoms with Crippen molar-refractivity contribution in [1.29, 1.82) is 0 Å². The maximum Gasteiger partial charge on any atom is 0.408 e. The van der Waals surface area contributed by atoms with E-state index in [1.54, 1.807) is 0 Å². The van der Waals surface area contributed by atoms with Gasteiger partial charge in [-0.25, -0.2) is 13.6 Å². The number of cyclic esters (lactones) is 1. The molecule has 1 N–H and O–H groups in total. The van der Waals surface area contributed by atoms with Crippen LogP contribution in [0.25, 0.3) is 0 Å². The van der Waals surface area contributed by atoms with Crippen LogP contribution >= 0.6 is 12.4 Å². The fraction of sp³-hybridized carbons (Fsp3) is 0.316. The zero-order valence-electron chi connectivity index (χ0n) is 15.2. The molecule has 2 aromatic rings. The summed E-state index contributed by atoms with van der Waals surface area (Å²) in [7, 11) is 2.83. The third kappa shape index (κ3) is 4.56. The number of halogens is 3. The van der Waals surface area contributed by atoms with Gasteiger partial charge in [-0.05, 0) is 11.6 Å². The molecule has 1 aliphatic heterocycles. The number of carbonyl (C=O) groups excluding carboxylic acids is 1. The number of alkyl halides is 2. The first-order valence-corrected chi connectivity index (χ1v) is 8.18. The molecule has 1 fully saturated rings. The van der Waals surface area contributed by atoms with Gasteiger partial charge in [0.15, 0.2) is 18.1 Å². The fourth-order valence-electron chi connectivity index (χ4n) is 2.78. The van der Waals surface area contributed by atoms with Crippen molar-refractivity contribution in [3.8, 4) is 17.2 Å². The van der Waals surface area contributed by atoms with Crippen LogP contribution in [0.15, 0.2) is 42.5 Å². The van der Waals surface area contributed by atoms with Crippen LogP contribution in [0.2, 0.25) is 0 Å². The van der Waals surface area contributed by atoms with E-state index in [2.05, 4.69) is 10.1 Å². The molecule has 1 aliphatic rings. The van der Waals surface area contributed by atoms with Crippen LogP contribution in [-0.2, 0) is 11.3 Å². The van der Waals surface area contributed by atoms with Gasteiger partial charge in [0.25, 0.3) is 0 Å². The summed E-state index contributed by atoms with van der Waals surface area (Å²) in [5, 5.41) is 2.16. The zero-order chi connectivity index (χ0) is 19.4. The van der Waals surface area contributed by atoms with Crippen LogP contribution in [0.5, 0.6) is 17.2 Å². The minimum absolute atomic E-state index is 0.